The van der Waals surface area contributed by atoms with Gasteiger partial charge in [0, 0.05) is 17.8 Å². The van der Waals surface area contributed by atoms with E-state index in [1.54, 1.807) is 23.1 Å². The van der Waals surface area contributed by atoms with E-state index in [4.69, 9.17) is 0 Å². The van der Waals surface area contributed by atoms with Gasteiger partial charge in [0.25, 0.3) is 0 Å². The van der Waals surface area contributed by atoms with Gasteiger partial charge < -0.3 is 5.32 Å². The van der Waals surface area contributed by atoms with Crippen molar-refractivity contribution >= 4 is 23.1 Å². The highest BCUT2D eigenvalue weighted by Gasteiger charge is 2.13. The molecule has 1 aromatic rings. The Morgan fingerprint density at radius 1 is 1.60 bits per heavy atom. The van der Waals surface area contributed by atoms with E-state index in [1.807, 2.05) is 23.2 Å². The first kappa shape index (κ1) is 6.24. The van der Waals surface area contributed by atoms with E-state index in [1.165, 1.54) is 0 Å². The van der Waals surface area contributed by atoms with Crippen molar-refractivity contribution in [2.24, 2.45) is 0 Å². The van der Waals surface area contributed by atoms with E-state index in [0.717, 1.165) is 5.01 Å². The molecule has 1 N–H and O–H groups in total. The zero-order valence-corrected chi connectivity index (χ0v) is 6.78. The van der Waals surface area contributed by atoms with Gasteiger partial charge in [-0.25, -0.2) is 4.98 Å². The highest BCUT2D eigenvalue weighted by molar-refractivity contribution is 8.02. The number of hydrogen-bond donors (Lipinski definition) is 1. The molecule has 1 aliphatic rings. The summed E-state index contributed by atoms with van der Waals surface area (Å²) in [6.45, 7) is 0. The van der Waals surface area contributed by atoms with Crippen molar-refractivity contribution in [1.82, 2.24) is 10.3 Å². The smallest absolute Gasteiger partial charge is 0.129 e. The normalized spacial score (nSPS) is 23.0. The summed E-state index contributed by atoms with van der Waals surface area (Å²) in [7, 11) is 0. The van der Waals surface area contributed by atoms with Crippen LogP contribution in [0, 0.1) is 0 Å². The molecule has 0 saturated carbocycles. The molecule has 0 fully saturated rings. The fourth-order valence-corrected chi connectivity index (χ4v) is 2.33. The zero-order chi connectivity index (χ0) is 6.81. The molecule has 4 heteroatoms. The number of hydrogen-bond acceptors (Lipinski definition) is 4. The Labute approximate surface area is 67.4 Å². The number of nitrogens with zero attached hydrogens (tertiary/aromatic N) is 1. The van der Waals surface area contributed by atoms with Crippen LogP contribution in [0.25, 0.3) is 0 Å². The Balaban J connectivity index is 2.14. The Bertz CT molecular complexity index is 222. The van der Waals surface area contributed by atoms with E-state index < -0.39 is 0 Å². The summed E-state index contributed by atoms with van der Waals surface area (Å²) in [5.41, 5.74) is 0. The molecule has 1 unspecified atom stereocenters. The van der Waals surface area contributed by atoms with E-state index in [9.17, 15) is 0 Å². The fraction of sp³-hybridized carbons (Fsp3) is 0.167. The summed E-state index contributed by atoms with van der Waals surface area (Å²) in [5.74, 6) is 0. The van der Waals surface area contributed by atoms with Crippen LogP contribution in [0.4, 0.5) is 0 Å². The Morgan fingerprint density at radius 3 is 3.20 bits per heavy atom. The first-order valence-corrected chi connectivity index (χ1v) is 4.75. The maximum absolute atomic E-state index is 4.19. The third-order valence-corrected chi connectivity index (χ3v) is 3.12. The summed E-state index contributed by atoms with van der Waals surface area (Å²) in [6.07, 6.45) is 3.79. The average Bonchev–Trinajstić information content (AvgIpc) is 2.59. The lowest BCUT2D eigenvalue weighted by Crippen LogP contribution is -2.05. The molecular formula is C6H6N2S2. The molecule has 1 aromatic heterocycles. The third-order valence-electron chi connectivity index (χ3n) is 1.21. The van der Waals surface area contributed by atoms with Gasteiger partial charge in [0.2, 0.25) is 0 Å². The Hall–Kier alpha value is -0.480. The molecular weight excluding hydrogens is 164 g/mol. The van der Waals surface area contributed by atoms with E-state index in [0.29, 0.717) is 5.37 Å². The number of aromatic nitrogens is 1. The van der Waals surface area contributed by atoms with Crippen LogP contribution in [0.1, 0.15) is 10.4 Å². The van der Waals surface area contributed by atoms with E-state index >= 15 is 0 Å². The minimum Gasteiger partial charge on any atom is -0.373 e. The van der Waals surface area contributed by atoms with Gasteiger partial charge in [0.1, 0.15) is 10.4 Å². The highest BCUT2D eigenvalue weighted by atomic mass is 32.2. The second-order valence-corrected chi connectivity index (χ2v) is 3.80. The quantitative estimate of drug-likeness (QED) is 0.697. The monoisotopic (exact) mass is 170 g/mol. The van der Waals surface area contributed by atoms with Crippen molar-refractivity contribution in [2.75, 3.05) is 0 Å². The molecule has 2 rings (SSSR count). The lowest BCUT2D eigenvalue weighted by molar-refractivity contribution is 0.851. The lowest BCUT2D eigenvalue weighted by atomic mass is 10.6. The SMILES string of the molecule is C1=CSC(c2nccs2)N1. The van der Waals surface area contributed by atoms with E-state index in [-0.39, 0.29) is 0 Å². The van der Waals surface area contributed by atoms with Gasteiger partial charge in [0.15, 0.2) is 0 Å². The van der Waals surface area contributed by atoms with Crippen LogP contribution in [0.3, 0.4) is 0 Å². The van der Waals surface area contributed by atoms with Crippen LogP contribution in [0.15, 0.2) is 23.2 Å². The largest absolute Gasteiger partial charge is 0.373 e. The topological polar surface area (TPSA) is 24.9 Å². The van der Waals surface area contributed by atoms with Gasteiger partial charge in [-0.05, 0) is 5.41 Å². The molecule has 0 amide bonds. The average molecular weight is 170 g/mol. The molecule has 0 radical (unpaired) electrons. The van der Waals surface area contributed by atoms with Gasteiger partial charge in [-0.1, -0.05) is 0 Å². The maximum atomic E-state index is 4.19. The van der Waals surface area contributed by atoms with E-state index in [2.05, 4.69) is 10.3 Å². The summed E-state index contributed by atoms with van der Waals surface area (Å²) >= 11 is 3.44. The van der Waals surface area contributed by atoms with Crippen molar-refractivity contribution in [3.63, 3.8) is 0 Å². The molecule has 0 saturated heterocycles. The molecule has 52 valence electrons. The second-order valence-electron chi connectivity index (χ2n) is 1.86. The Morgan fingerprint density at radius 2 is 2.60 bits per heavy atom. The number of rotatable bonds is 1. The lowest BCUT2D eigenvalue weighted by Gasteiger charge is -2.03. The van der Waals surface area contributed by atoms with Crippen molar-refractivity contribution in [3.8, 4) is 0 Å². The van der Waals surface area contributed by atoms with Crippen LogP contribution in [0.2, 0.25) is 0 Å². The molecule has 0 bridgehead atoms. The summed E-state index contributed by atoms with van der Waals surface area (Å²) in [5, 5.41) is 8.74. The van der Waals surface area contributed by atoms with Gasteiger partial charge in [0.05, 0.1) is 0 Å². The first-order valence-electron chi connectivity index (χ1n) is 2.93. The number of thioether (sulfide) groups is 1. The predicted molar refractivity (Wildman–Crippen MR) is 44.7 cm³/mol. The second kappa shape index (κ2) is 2.64. The first-order chi connectivity index (χ1) is 4.97. The molecule has 0 aliphatic carbocycles. The van der Waals surface area contributed by atoms with Crippen molar-refractivity contribution < 1.29 is 0 Å². The number of nitrogens with one attached hydrogen (secondary N) is 1. The molecule has 2 nitrogen and oxygen atoms in total. The highest BCUT2D eigenvalue weighted by Crippen LogP contribution is 2.31. The summed E-state index contributed by atoms with van der Waals surface area (Å²) in [4.78, 5) is 4.19. The zero-order valence-electron chi connectivity index (χ0n) is 5.15. The van der Waals surface area contributed by atoms with Crippen LogP contribution in [-0.2, 0) is 0 Å². The van der Waals surface area contributed by atoms with Gasteiger partial charge in [-0.2, -0.15) is 0 Å². The minimum absolute atomic E-state index is 0.361. The molecule has 1 aliphatic heterocycles. The molecule has 0 spiro atoms. The van der Waals surface area contributed by atoms with Crippen molar-refractivity contribution in [1.29, 1.82) is 0 Å². The fourth-order valence-electron chi connectivity index (χ4n) is 0.777. The minimum atomic E-state index is 0.361. The number of thiazole rings is 1. The van der Waals surface area contributed by atoms with Gasteiger partial charge in [-0.3, -0.25) is 0 Å². The molecule has 1 atom stereocenters. The molecule has 10 heavy (non-hydrogen) atoms. The van der Waals surface area contributed by atoms with Gasteiger partial charge in [-0.15, -0.1) is 23.1 Å². The van der Waals surface area contributed by atoms with Crippen LogP contribution in [-0.4, -0.2) is 4.98 Å². The predicted octanol–water partition coefficient (Wildman–Crippen LogP) is 1.95. The Kier molecular flexibility index (Phi) is 1.65. The molecule has 0 aromatic carbocycles. The van der Waals surface area contributed by atoms with Crippen molar-refractivity contribution in [3.05, 3.63) is 28.2 Å². The third kappa shape index (κ3) is 1.04. The molecule has 2 heterocycles. The van der Waals surface area contributed by atoms with Crippen molar-refractivity contribution in [2.45, 2.75) is 5.37 Å². The van der Waals surface area contributed by atoms with Crippen LogP contribution < -0.4 is 5.32 Å². The standard InChI is InChI=1S/C6H6N2S2/c1-3-9-5(7-1)6-8-2-4-10-6/h1-5,7H. The van der Waals surface area contributed by atoms with Crippen LogP contribution in [0.5, 0.6) is 0 Å². The summed E-state index contributed by atoms with van der Waals surface area (Å²) in [6, 6.07) is 0. The van der Waals surface area contributed by atoms with Crippen LogP contribution >= 0.6 is 23.1 Å². The maximum Gasteiger partial charge on any atom is 0.129 e. The summed E-state index contributed by atoms with van der Waals surface area (Å²) < 4.78 is 0. The van der Waals surface area contributed by atoms with Gasteiger partial charge >= 0.3 is 0 Å².